The van der Waals surface area contributed by atoms with Gasteiger partial charge < -0.3 is 20.5 Å². The molecular formula is C21H19N7O2S. The Morgan fingerprint density at radius 2 is 1.94 bits per heavy atom. The van der Waals surface area contributed by atoms with Crippen molar-refractivity contribution >= 4 is 56.8 Å². The van der Waals surface area contributed by atoms with E-state index in [1.54, 1.807) is 30.7 Å². The van der Waals surface area contributed by atoms with E-state index in [9.17, 15) is 9.35 Å². The molecule has 0 saturated heterocycles. The van der Waals surface area contributed by atoms with Gasteiger partial charge in [-0.15, -0.1) is 0 Å². The minimum atomic E-state index is -1.31. The number of H-pyrrole nitrogens is 1. The Labute approximate surface area is 181 Å². The summed E-state index contributed by atoms with van der Waals surface area (Å²) in [6, 6.07) is 12.8. The maximum absolute atomic E-state index is 12.2. The second-order valence-electron chi connectivity index (χ2n) is 6.56. The molecule has 0 bridgehead atoms. The van der Waals surface area contributed by atoms with E-state index >= 15 is 0 Å². The van der Waals surface area contributed by atoms with Crippen LogP contribution in [0.1, 0.15) is 0 Å². The second-order valence-corrected chi connectivity index (χ2v) is 7.90. The monoisotopic (exact) mass is 433 g/mol. The van der Waals surface area contributed by atoms with Crippen LogP contribution in [0.15, 0.2) is 72.4 Å². The van der Waals surface area contributed by atoms with E-state index in [0.29, 0.717) is 28.0 Å². The SMILES string of the molecule is C=CC(=O)Nc1cccc(Nc2nc(Nc3ccc4[nH]ncc4c3)ncc2[S+](C)[O-])c1. The lowest BCUT2D eigenvalue weighted by atomic mass is 10.2. The van der Waals surface area contributed by atoms with Gasteiger partial charge in [-0.05, 0) is 53.7 Å². The van der Waals surface area contributed by atoms with Crippen molar-refractivity contribution in [1.29, 1.82) is 0 Å². The number of carbonyl (C=O) groups is 1. The molecule has 9 nitrogen and oxygen atoms in total. The molecule has 4 rings (SSSR count). The molecule has 2 heterocycles. The van der Waals surface area contributed by atoms with Gasteiger partial charge in [0, 0.05) is 22.4 Å². The molecule has 1 unspecified atom stereocenters. The first kappa shape index (κ1) is 20.4. The van der Waals surface area contributed by atoms with Crippen LogP contribution in [0.3, 0.4) is 0 Å². The molecule has 0 aliphatic carbocycles. The van der Waals surface area contributed by atoms with Gasteiger partial charge >= 0.3 is 0 Å². The molecule has 4 N–H and O–H groups in total. The lowest BCUT2D eigenvalue weighted by Crippen LogP contribution is -2.09. The normalized spacial score (nSPS) is 11.7. The zero-order valence-corrected chi connectivity index (χ0v) is 17.4. The molecule has 10 heteroatoms. The average molecular weight is 433 g/mol. The first-order valence-corrected chi connectivity index (χ1v) is 10.8. The van der Waals surface area contributed by atoms with Crippen LogP contribution < -0.4 is 16.0 Å². The minimum absolute atomic E-state index is 0.310. The molecule has 0 saturated carbocycles. The molecule has 0 radical (unpaired) electrons. The molecule has 0 spiro atoms. The molecule has 2 aromatic carbocycles. The third kappa shape index (κ3) is 4.82. The number of aromatic nitrogens is 4. The highest BCUT2D eigenvalue weighted by molar-refractivity contribution is 7.90. The van der Waals surface area contributed by atoms with E-state index in [2.05, 4.69) is 42.7 Å². The predicted octanol–water partition coefficient (Wildman–Crippen LogP) is 3.70. The summed E-state index contributed by atoms with van der Waals surface area (Å²) in [5.74, 6) is 0.432. The third-order valence-corrected chi connectivity index (χ3v) is 5.26. The molecule has 0 fully saturated rings. The number of aromatic amines is 1. The number of hydrogen-bond acceptors (Lipinski definition) is 7. The topological polar surface area (TPSA) is 131 Å². The number of fused-ring (bicyclic) bond motifs is 1. The number of rotatable bonds is 7. The number of nitrogens with one attached hydrogen (secondary N) is 4. The number of carbonyl (C=O) groups excluding carboxylic acids is 1. The Morgan fingerprint density at radius 3 is 2.74 bits per heavy atom. The summed E-state index contributed by atoms with van der Waals surface area (Å²) in [5, 5.41) is 16.9. The Bertz CT molecular complexity index is 1260. The molecule has 31 heavy (non-hydrogen) atoms. The van der Waals surface area contributed by atoms with Crippen LogP contribution in [0, 0.1) is 0 Å². The van der Waals surface area contributed by atoms with Crippen LogP contribution >= 0.6 is 0 Å². The van der Waals surface area contributed by atoms with Crippen molar-refractivity contribution in [3.63, 3.8) is 0 Å². The lowest BCUT2D eigenvalue weighted by Gasteiger charge is -2.14. The van der Waals surface area contributed by atoms with Gasteiger partial charge in [-0.3, -0.25) is 9.89 Å². The van der Waals surface area contributed by atoms with Gasteiger partial charge in [0.2, 0.25) is 16.8 Å². The van der Waals surface area contributed by atoms with Gasteiger partial charge in [0.15, 0.2) is 5.82 Å². The van der Waals surface area contributed by atoms with Gasteiger partial charge in [0.05, 0.1) is 17.9 Å². The summed E-state index contributed by atoms with van der Waals surface area (Å²) in [4.78, 5) is 20.8. The summed E-state index contributed by atoms with van der Waals surface area (Å²) >= 11 is -1.31. The number of benzene rings is 2. The lowest BCUT2D eigenvalue weighted by molar-refractivity contribution is -0.111. The van der Waals surface area contributed by atoms with Crippen molar-refractivity contribution in [1.82, 2.24) is 20.2 Å². The Morgan fingerprint density at radius 1 is 1.13 bits per heavy atom. The summed E-state index contributed by atoms with van der Waals surface area (Å²) in [6.07, 6.45) is 6.01. The van der Waals surface area contributed by atoms with Crippen LogP contribution in [0.25, 0.3) is 10.9 Å². The highest BCUT2D eigenvalue weighted by Gasteiger charge is 2.16. The molecule has 4 aromatic rings. The van der Waals surface area contributed by atoms with E-state index in [1.807, 2.05) is 24.3 Å². The summed E-state index contributed by atoms with van der Waals surface area (Å²) in [5.41, 5.74) is 2.97. The van der Waals surface area contributed by atoms with E-state index in [0.717, 1.165) is 16.6 Å². The van der Waals surface area contributed by atoms with E-state index in [-0.39, 0.29) is 5.91 Å². The first-order chi connectivity index (χ1) is 15.0. The van der Waals surface area contributed by atoms with Crippen molar-refractivity contribution in [2.24, 2.45) is 0 Å². The third-order valence-electron chi connectivity index (χ3n) is 4.34. The van der Waals surface area contributed by atoms with Crippen LogP contribution in [0.2, 0.25) is 0 Å². The van der Waals surface area contributed by atoms with Crippen LogP contribution in [-0.4, -0.2) is 36.9 Å². The van der Waals surface area contributed by atoms with Gasteiger partial charge in [0.25, 0.3) is 0 Å². The second kappa shape index (κ2) is 8.86. The van der Waals surface area contributed by atoms with Gasteiger partial charge in [0.1, 0.15) is 6.26 Å². The number of anilines is 5. The van der Waals surface area contributed by atoms with Crippen molar-refractivity contribution in [2.75, 3.05) is 22.2 Å². The van der Waals surface area contributed by atoms with Crippen LogP contribution in [-0.2, 0) is 16.0 Å². The highest BCUT2D eigenvalue weighted by atomic mass is 32.2. The molecule has 1 atom stereocenters. The smallest absolute Gasteiger partial charge is 0.247 e. The summed E-state index contributed by atoms with van der Waals surface area (Å²) < 4.78 is 12.2. The zero-order valence-electron chi connectivity index (χ0n) is 16.5. The zero-order chi connectivity index (χ0) is 21.8. The Kier molecular flexibility index (Phi) is 5.83. The van der Waals surface area contributed by atoms with Crippen molar-refractivity contribution < 1.29 is 9.35 Å². The summed E-state index contributed by atoms with van der Waals surface area (Å²) in [7, 11) is 0. The average Bonchev–Trinajstić information content (AvgIpc) is 3.22. The van der Waals surface area contributed by atoms with Gasteiger partial charge in [-0.25, -0.2) is 4.98 Å². The number of amides is 1. The molecular weight excluding hydrogens is 414 g/mol. The fourth-order valence-corrected chi connectivity index (χ4v) is 3.46. The van der Waals surface area contributed by atoms with E-state index in [4.69, 9.17) is 0 Å². The maximum Gasteiger partial charge on any atom is 0.247 e. The standard InChI is InChI=1S/C21H19N7O2S/c1-3-19(29)24-14-5-4-6-15(10-14)25-20-18(31(2)30)12-22-21(27-20)26-16-7-8-17-13(9-16)11-23-28-17/h3-12H,1H2,2H3,(H,23,28)(H,24,29)(H2,22,25,26,27). The largest absolute Gasteiger partial charge is 0.612 e. The molecule has 0 aliphatic rings. The van der Waals surface area contributed by atoms with Gasteiger partial charge in [-0.1, -0.05) is 12.6 Å². The quantitative estimate of drug-likeness (QED) is 0.258. The van der Waals surface area contributed by atoms with Crippen molar-refractivity contribution in [3.05, 3.63) is 67.5 Å². The number of hydrogen-bond donors (Lipinski definition) is 4. The van der Waals surface area contributed by atoms with Crippen LogP contribution in [0.4, 0.5) is 28.8 Å². The minimum Gasteiger partial charge on any atom is -0.612 e. The van der Waals surface area contributed by atoms with Gasteiger partial charge in [-0.2, -0.15) is 10.1 Å². The van der Waals surface area contributed by atoms with Crippen LogP contribution in [0.5, 0.6) is 0 Å². The van der Waals surface area contributed by atoms with E-state index < -0.39 is 11.2 Å². The van der Waals surface area contributed by atoms with Crippen molar-refractivity contribution in [2.45, 2.75) is 4.90 Å². The predicted molar refractivity (Wildman–Crippen MR) is 122 cm³/mol. The maximum atomic E-state index is 12.2. The first-order valence-electron chi connectivity index (χ1n) is 9.23. The molecule has 2 aromatic heterocycles. The van der Waals surface area contributed by atoms with E-state index in [1.165, 1.54) is 12.3 Å². The molecule has 156 valence electrons. The molecule has 0 aliphatic heterocycles. The highest BCUT2D eigenvalue weighted by Crippen LogP contribution is 2.27. The Hall–Kier alpha value is -3.89. The van der Waals surface area contributed by atoms with Crippen molar-refractivity contribution in [3.8, 4) is 0 Å². The number of nitrogens with zero attached hydrogens (tertiary/aromatic N) is 3. The fraction of sp³-hybridized carbons (Fsp3) is 0.0476. The Balaban J connectivity index is 1.60. The fourth-order valence-electron chi connectivity index (χ4n) is 2.89. The summed E-state index contributed by atoms with van der Waals surface area (Å²) in [6.45, 7) is 3.45. The molecule has 1 amide bonds.